The highest BCUT2D eigenvalue weighted by Gasteiger charge is 2.34. The predicted molar refractivity (Wildman–Crippen MR) is 181 cm³/mol. The molecule has 1 heterocycles. The highest BCUT2D eigenvalue weighted by Crippen LogP contribution is 2.40. The minimum absolute atomic E-state index is 0.0259. The van der Waals surface area contributed by atoms with E-state index in [9.17, 15) is 22.7 Å². The van der Waals surface area contributed by atoms with E-state index in [0.29, 0.717) is 34.5 Å². The maximum Gasteiger partial charge on any atom is 0.322 e. The number of ether oxygens (including phenoxy) is 1. The lowest BCUT2D eigenvalue weighted by atomic mass is 9.81. The molecule has 1 aromatic heterocycles. The summed E-state index contributed by atoms with van der Waals surface area (Å²) in [5.41, 5.74) is 1.60. The van der Waals surface area contributed by atoms with Crippen LogP contribution >= 0.6 is 35.0 Å². The van der Waals surface area contributed by atoms with Crippen LogP contribution in [0.4, 0.5) is 8.78 Å². The molecule has 0 spiro atoms. The van der Waals surface area contributed by atoms with E-state index in [2.05, 4.69) is 4.98 Å². The molecule has 0 amide bonds. The number of aromatic nitrogens is 2. The van der Waals surface area contributed by atoms with E-state index in [1.807, 2.05) is 37.5 Å². The van der Waals surface area contributed by atoms with Crippen molar-refractivity contribution in [2.24, 2.45) is 0 Å². The second kappa shape index (κ2) is 14.9. The third kappa shape index (κ3) is 7.78. The Balaban J connectivity index is 1.70. The van der Waals surface area contributed by atoms with Gasteiger partial charge < -0.3 is 9.84 Å². The van der Waals surface area contributed by atoms with Gasteiger partial charge in [-0.2, -0.15) is 4.31 Å². The number of benzene rings is 3. The van der Waals surface area contributed by atoms with Crippen molar-refractivity contribution < 1.29 is 31.8 Å². The maximum atomic E-state index is 15.6. The number of halogens is 4. The number of hydrogen-bond acceptors (Lipinski definition) is 6. The normalized spacial score (nSPS) is 12.8. The van der Waals surface area contributed by atoms with E-state index in [1.165, 1.54) is 19.2 Å². The number of nitrogens with zero attached hydrogens (tertiary/aromatic N) is 3. The highest BCUT2D eigenvalue weighted by molar-refractivity contribution is 7.98. The molecular formula is C33H35Cl2F2N3O5S2. The smallest absolute Gasteiger partial charge is 0.322 e. The Morgan fingerprint density at radius 2 is 1.79 bits per heavy atom. The second-order valence-electron chi connectivity index (χ2n) is 11.4. The number of hydrogen-bond donors (Lipinski definition) is 1. The third-order valence-corrected chi connectivity index (χ3v) is 11.5. The lowest BCUT2D eigenvalue weighted by molar-refractivity contribution is -0.141. The number of carbonyl (C=O) groups is 1. The molecular weight excluding hydrogens is 691 g/mol. The fourth-order valence-corrected chi connectivity index (χ4v) is 8.13. The van der Waals surface area contributed by atoms with Gasteiger partial charge in [0.05, 0.1) is 28.9 Å². The Morgan fingerprint density at radius 1 is 1.11 bits per heavy atom. The molecule has 1 atom stereocenters. The molecule has 252 valence electrons. The molecule has 0 fully saturated rings. The number of carboxylic acids is 1. The van der Waals surface area contributed by atoms with Crippen LogP contribution in [0.3, 0.4) is 0 Å². The van der Waals surface area contributed by atoms with Gasteiger partial charge in [-0.25, -0.2) is 22.2 Å². The zero-order valence-electron chi connectivity index (χ0n) is 26.4. The van der Waals surface area contributed by atoms with Gasteiger partial charge in [-0.15, -0.1) is 0 Å². The zero-order valence-corrected chi connectivity index (χ0v) is 29.6. The van der Waals surface area contributed by atoms with Crippen LogP contribution in [-0.2, 0) is 26.0 Å². The first kappa shape index (κ1) is 36.7. The Kier molecular flexibility index (Phi) is 11.7. The van der Waals surface area contributed by atoms with Crippen molar-refractivity contribution in [3.63, 3.8) is 0 Å². The number of rotatable bonds is 14. The molecule has 8 nitrogen and oxygen atoms in total. The number of unbranched alkanes of at least 4 members (excludes halogenated alkanes) is 1. The number of likely N-dealkylation sites (N-methyl/N-ethyl adjacent to an activating group) is 1. The molecule has 0 bridgehead atoms. The van der Waals surface area contributed by atoms with Crippen LogP contribution in [0.15, 0.2) is 70.8 Å². The number of methoxy groups -OCH3 is 1. The van der Waals surface area contributed by atoms with Crippen LogP contribution in [-0.4, -0.2) is 53.5 Å². The quantitative estimate of drug-likeness (QED) is 0.130. The first-order valence-corrected chi connectivity index (χ1v) is 17.8. The summed E-state index contributed by atoms with van der Waals surface area (Å²) in [7, 11) is -1.69. The highest BCUT2D eigenvalue weighted by atomic mass is 35.5. The summed E-state index contributed by atoms with van der Waals surface area (Å²) in [6.07, 6.45) is 2.98. The van der Waals surface area contributed by atoms with Gasteiger partial charge in [0.1, 0.15) is 23.4 Å². The van der Waals surface area contributed by atoms with Crippen LogP contribution in [0, 0.1) is 11.6 Å². The number of aliphatic carboxylic acids is 1. The van der Waals surface area contributed by atoms with Crippen LogP contribution in [0.1, 0.15) is 56.9 Å². The van der Waals surface area contributed by atoms with Crippen molar-refractivity contribution in [3.8, 4) is 11.4 Å². The molecule has 14 heteroatoms. The van der Waals surface area contributed by atoms with Gasteiger partial charge in [-0.3, -0.25) is 9.36 Å². The molecule has 4 rings (SSSR count). The topological polar surface area (TPSA) is 102 Å². The molecule has 0 saturated heterocycles. The molecule has 4 aromatic rings. The first-order valence-electron chi connectivity index (χ1n) is 14.6. The van der Waals surface area contributed by atoms with Crippen molar-refractivity contribution in [3.05, 3.63) is 99.3 Å². The first-order chi connectivity index (χ1) is 22.1. The molecule has 0 unspecified atom stereocenters. The lowest BCUT2D eigenvalue weighted by Gasteiger charge is -2.28. The summed E-state index contributed by atoms with van der Waals surface area (Å²) < 4.78 is 64.1. The molecule has 3 aromatic carbocycles. The van der Waals surface area contributed by atoms with E-state index in [-0.39, 0.29) is 22.8 Å². The molecule has 0 aliphatic carbocycles. The van der Waals surface area contributed by atoms with Crippen LogP contribution in [0.2, 0.25) is 10.0 Å². The van der Waals surface area contributed by atoms with E-state index in [0.717, 1.165) is 46.5 Å². The van der Waals surface area contributed by atoms with Crippen molar-refractivity contribution in [2.45, 2.75) is 67.3 Å². The predicted octanol–water partition coefficient (Wildman–Crippen LogP) is 8.35. The summed E-state index contributed by atoms with van der Waals surface area (Å²) in [4.78, 5) is 16.0. The number of sulfonamides is 1. The standard InChI is InChI=1S/C33H35Cl2F2N3O5S2/c1-6-7-8-28(31(41)42)39(4)47(43,44)23-16-26(35)24(27(37)17-23)19-46-32-38-18-30(40(32)22-12-10-21(36)11-13-22)33(2,3)20-9-14-25(34)29(15-20)45-5/h9-18,28H,6-8,19H2,1-5H3,(H,41,42)/t28-/m1/s1. The van der Waals surface area contributed by atoms with Crippen molar-refractivity contribution in [2.75, 3.05) is 14.2 Å². The Hall–Kier alpha value is -3.16. The van der Waals surface area contributed by atoms with Crippen molar-refractivity contribution in [1.29, 1.82) is 0 Å². The van der Waals surface area contributed by atoms with Crippen LogP contribution in [0.25, 0.3) is 5.69 Å². The SMILES string of the molecule is CCCC[C@H](C(=O)O)N(C)S(=O)(=O)c1cc(F)c(CSc2ncc(C(C)(C)c3ccc(Cl)c(OC)c3)n2-c2ccc(F)cc2)c(Cl)c1. The van der Waals surface area contributed by atoms with Crippen molar-refractivity contribution >= 4 is 51.0 Å². The number of imidazole rings is 1. The number of thioether (sulfide) groups is 1. The van der Waals surface area contributed by atoms with E-state index in [4.69, 9.17) is 27.9 Å². The average molecular weight is 727 g/mol. The molecule has 0 saturated carbocycles. The Morgan fingerprint density at radius 3 is 2.38 bits per heavy atom. The Bertz CT molecular complexity index is 1850. The van der Waals surface area contributed by atoms with Gasteiger partial charge in [0.2, 0.25) is 10.0 Å². The molecule has 0 aliphatic rings. The maximum absolute atomic E-state index is 15.6. The second-order valence-corrected chi connectivity index (χ2v) is 15.1. The minimum atomic E-state index is -4.38. The minimum Gasteiger partial charge on any atom is -0.495 e. The average Bonchev–Trinajstić information content (AvgIpc) is 3.45. The van der Waals surface area contributed by atoms with Gasteiger partial charge in [0.25, 0.3) is 0 Å². The molecule has 1 N–H and O–H groups in total. The van der Waals surface area contributed by atoms with Gasteiger partial charge in [-0.05, 0) is 60.5 Å². The van der Waals surface area contributed by atoms with Gasteiger partial charge in [0, 0.05) is 34.5 Å². The number of carboxylic acid groups (broad SMARTS) is 1. The summed E-state index contributed by atoms with van der Waals surface area (Å²) >= 11 is 13.9. The third-order valence-electron chi connectivity index (χ3n) is 8.02. The van der Waals surface area contributed by atoms with Crippen molar-refractivity contribution in [1.82, 2.24) is 13.9 Å². The molecule has 47 heavy (non-hydrogen) atoms. The van der Waals surface area contributed by atoms with Gasteiger partial charge >= 0.3 is 5.97 Å². The van der Waals surface area contributed by atoms with E-state index >= 15 is 4.39 Å². The molecule has 0 aliphatic heterocycles. The van der Waals surface area contributed by atoms with E-state index < -0.39 is 44.0 Å². The summed E-state index contributed by atoms with van der Waals surface area (Å²) in [6.45, 7) is 5.85. The Labute approximate surface area is 287 Å². The van der Waals surface area contributed by atoms with E-state index in [1.54, 1.807) is 24.4 Å². The molecule has 0 radical (unpaired) electrons. The monoisotopic (exact) mass is 725 g/mol. The largest absolute Gasteiger partial charge is 0.495 e. The summed E-state index contributed by atoms with van der Waals surface area (Å²) in [5.74, 6) is -2.10. The van der Waals surface area contributed by atoms with Gasteiger partial charge in [0.15, 0.2) is 5.16 Å². The van der Waals surface area contributed by atoms with Gasteiger partial charge in [-0.1, -0.05) is 74.6 Å². The zero-order chi connectivity index (χ0) is 34.7. The van der Waals surface area contributed by atoms with Crippen LogP contribution < -0.4 is 4.74 Å². The lowest BCUT2D eigenvalue weighted by Crippen LogP contribution is -2.42. The van der Waals surface area contributed by atoms with Crippen LogP contribution in [0.5, 0.6) is 5.75 Å². The fraction of sp³-hybridized carbons (Fsp3) is 0.333. The summed E-state index contributed by atoms with van der Waals surface area (Å²) in [5, 5.41) is 10.4. The summed E-state index contributed by atoms with van der Waals surface area (Å²) in [6, 6.07) is 12.0. The fourth-order valence-electron chi connectivity index (χ4n) is 5.11.